The van der Waals surface area contributed by atoms with Gasteiger partial charge in [-0.05, 0) is 0 Å². The van der Waals surface area contributed by atoms with Gasteiger partial charge in [0.25, 0.3) is 5.88 Å². The molecule has 0 saturated heterocycles. The van der Waals surface area contributed by atoms with Crippen molar-refractivity contribution in [3.63, 3.8) is 0 Å². The number of aromatic nitrogens is 2. The Labute approximate surface area is 64.2 Å². The van der Waals surface area contributed by atoms with Crippen LogP contribution in [0.4, 0.5) is 5.95 Å². The Balaban J connectivity index is 3.06. The Morgan fingerprint density at radius 2 is 2.09 bits per heavy atom. The first-order valence-electron chi connectivity index (χ1n) is 2.98. The van der Waals surface area contributed by atoms with Crippen molar-refractivity contribution in [1.29, 1.82) is 0 Å². The second-order valence-corrected chi connectivity index (χ2v) is 1.81. The van der Waals surface area contributed by atoms with Gasteiger partial charge in [0, 0.05) is 0 Å². The standard InChI is InChI=1S/C6H9N3O2/c1-10-4-3-8-6(7)9-5(4)11-2/h3H,1-2H3,(H2,7,8,9). The SMILES string of the molecule is COc1cnc(N)nc1OC. The highest BCUT2D eigenvalue weighted by molar-refractivity contribution is 5.35. The van der Waals surface area contributed by atoms with Gasteiger partial charge in [-0.1, -0.05) is 0 Å². The molecule has 0 unspecified atom stereocenters. The van der Waals surface area contributed by atoms with E-state index in [-0.39, 0.29) is 5.95 Å². The first-order chi connectivity index (χ1) is 5.27. The number of hydrogen-bond acceptors (Lipinski definition) is 5. The van der Waals surface area contributed by atoms with E-state index < -0.39 is 0 Å². The van der Waals surface area contributed by atoms with E-state index in [2.05, 4.69) is 9.97 Å². The van der Waals surface area contributed by atoms with E-state index in [4.69, 9.17) is 15.2 Å². The minimum absolute atomic E-state index is 0.169. The molecule has 0 aliphatic heterocycles. The Morgan fingerprint density at radius 1 is 1.36 bits per heavy atom. The number of nitrogen functional groups attached to an aromatic ring is 1. The third-order valence-electron chi connectivity index (χ3n) is 1.15. The second kappa shape index (κ2) is 3.05. The van der Waals surface area contributed by atoms with Crippen molar-refractivity contribution in [2.45, 2.75) is 0 Å². The summed E-state index contributed by atoms with van der Waals surface area (Å²) in [7, 11) is 3.00. The minimum Gasteiger partial charge on any atom is -0.490 e. The van der Waals surface area contributed by atoms with Gasteiger partial charge in [-0.15, -0.1) is 0 Å². The van der Waals surface area contributed by atoms with Crippen LogP contribution in [-0.4, -0.2) is 24.2 Å². The van der Waals surface area contributed by atoms with E-state index >= 15 is 0 Å². The molecule has 11 heavy (non-hydrogen) atoms. The zero-order chi connectivity index (χ0) is 8.27. The van der Waals surface area contributed by atoms with Crippen LogP contribution in [0, 0.1) is 0 Å². The lowest BCUT2D eigenvalue weighted by molar-refractivity contribution is 0.341. The first-order valence-corrected chi connectivity index (χ1v) is 2.98. The van der Waals surface area contributed by atoms with Crippen LogP contribution < -0.4 is 15.2 Å². The van der Waals surface area contributed by atoms with Gasteiger partial charge in [0.05, 0.1) is 20.4 Å². The van der Waals surface area contributed by atoms with E-state index in [1.807, 2.05) is 0 Å². The van der Waals surface area contributed by atoms with Crippen molar-refractivity contribution in [3.05, 3.63) is 6.20 Å². The average molecular weight is 155 g/mol. The van der Waals surface area contributed by atoms with Crippen molar-refractivity contribution >= 4 is 5.95 Å². The van der Waals surface area contributed by atoms with Crippen molar-refractivity contribution < 1.29 is 9.47 Å². The van der Waals surface area contributed by atoms with Gasteiger partial charge < -0.3 is 15.2 Å². The number of anilines is 1. The molecular weight excluding hydrogens is 146 g/mol. The molecule has 0 aliphatic carbocycles. The van der Waals surface area contributed by atoms with Gasteiger partial charge in [0.15, 0.2) is 5.75 Å². The number of methoxy groups -OCH3 is 2. The molecule has 0 bridgehead atoms. The highest BCUT2D eigenvalue weighted by atomic mass is 16.5. The summed E-state index contributed by atoms with van der Waals surface area (Å²) in [6, 6.07) is 0. The third kappa shape index (κ3) is 1.49. The van der Waals surface area contributed by atoms with Crippen LogP contribution in [0.5, 0.6) is 11.6 Å². The number of ether oxygens (including phenoxy) is 2. The third-order valence-corrected chi connectivity index (χ3v) is 1.15. The fourth-order valence-corrected chi connectivity index (χ4v) is 0.654. The van der Waals surface area contributed by atoms with Crippen molar-refractivity contribution in [2.75, 3.05) is 20.0 Å². The molecule has 0 radical (unpaired) electrons. The second-order valence-electron chi connectivity index (χ2n) is 1.81. The molecule has 0 fully saturated rings. The topological polar surface area (TPSA) is 70.3 Å². The van der Waals surface area contributed by atoms with Gasteiger partial charge in [-0.3, -0.25) is 0 Å². The van der Waals surface area contributed by atoms with E-state index in [0.29, 0.717) is 11.6 Å². The molecule has 5 heteroatoms. The lowest BCUT2D eigenvalue weighted by atomic mass is 10.5. The van der Waals surface area contributed by atoms with Gasteiger partial charge in [0.2, 0.25) is 5.95 Å². The number of rotatable bonds is 2. The van der Waals surface area contributed by atoms with Crippen LogP contribution in [0.15, 0.2) is 6.20 Å². The molecule has 5 nitrogen and oxygen atoms in total. The summed E-state index contributed by atoms with van der Waals surface area (Å²) >= 11 is 0. The lowest BCUT2D eigenvalue weighted by Gasteiger charge is -2.04. The Morgan fingerprint density at radius 3 is 2.64 bits per heavy atom. The summed E-state index contributed by atoms with van der Waals surface area (Å²) in [5.74, 6) is 0.990. The van der Waals surface area contributed by atoms with Crippen LogP contribution in [0.1, 0.15) is 0 Å². The summed E-state index contributed by atoms with van der Waals surface area (Å²) in [4.78, 5) is 7.50. The van der Waals surface area contributed by atoms with Gasteiger partial charge in [0.1, 0.15) is 0 Å². The Hall–Kier alpha value is -1.52. The molecule has 0 amide bonds. The number of nitrogens with zero attached hydrogens (tertiary/aromatic N) is 2. The average Bonchev–Trinajstić information content (AvgIpc) is 2.04. The summed E-state index contributed by atoms with van der Waals surface area (Å²) < 4.78 is 9.75. The Kier molecular flexibility index (Phi) is 2.10. The summed E-state index contributed by atoms with van der Waals surface area (Å²) in [5, 5.41) is 0. The largest absolute Gasteiger partial charge is 0.490 e. The molecule has 1 aromatic rings. The summed E-state index contributed by atoms with van der Waals surface area (Å²) in [6.07, 6.45) is 1.46. The molecule has 0 spiro atoms. The maximum atomic E-state index is 5.30. The zero-order valence-corrected chi connectivity index (χ0v) is 6.37. The molecule has 1 heterocycles. The highest BCUT2D eigenvalue weighted by Crippen LogP contribution is 2.22. The van der Waals surface area contributed by atoms with E-state index in [1.54, 1.807) is 0 Å². The quantitative estimate of drug-likeness (QED) is 0.654. The molecule has 1 rings (SSSR count). The zero-order valence-electron chi connectivity index (χ0n) is 6.37. The van der Waals surface area contributed by atoms with Crippen LogP contribution in [0.25, 0.3) is 0 Å². The smallest absolute Gasteiger partial charge is 0.261 e. The summed E-state index contributed by atoms with van der Waals surface area (Å²) in [5.41, 5.74) is 5.30. The van der Waals surface area contributed by atoms with Crippen molar-refractivity contribution in [2.24, 2.45) is 0 Å². The molecule has 2 N–H and O–H groups in total. The predicted octanol–water partition coefficient (Wildman–Crippen LogP) is 0.0760. The fraction of sp³-hybridized carbons (Fsp3) is 0.333. The molecular formula is C6H9N3O2. The monoisotopic (exact) mass is 155 g/mol. The molecule has 0 atom stereocenters. The van der Waals surface area contributed by atoms with Crippen LogP contribution in [0.2, 0.25) is 0 Å². The molecule has 0 aliphatic rings. The van der Waals surface area contributed by atoms with Crippen LogP contribution in [0.3, 0.4) is 0 Å². The molecule has 1 aromatic heterocycles. The van der Waals surface area contributed by atoms with Gasteiger partial charge in [-0.2, -0.15) is 4.98 Å². The van der Waals surface area contributed by atoms with Gasteiger partial charge in [-0.25, -0.2) is 4.98 Å². The summed E-state index contributed by atoms with van der Waals surface area (Å²) in [6.45, 7) is 0. The number of nitrogens with two attached hydrogens (primary N) is 1. The van der Waals surface area contributed by atoms with E-state index in [0.717, 1.165) is 0 Å². The maximum absolute atomic E-state index is 5.30. The fourth-order valence-electron chi connectivity index (χ4n) is 0.654. The predicted molar refractivity (Wildman–Crippen MR) is 39.5 cm³/mol. The molecule has 0 saturated carbocycles. The lowest BCUT2D eigenvalue weighted by Crippen LogP contribution is -1.99. The normalized spacial score (nSPS) is 9.27. The maximum Gasteiger partial charge on any atom is 0.261 e. The Bertz CT molecular complexity index is 252. The molecule has 60 valence electrons. The van der Waals surface area contributed by atoms with Crippen LogP contribution >= 0.6 is 0 Å². The van der Waals surface area contributed by atoms with E-state index in [9.17, 15) is 0 Å². The van der Waals surface area contributed by atoms with Gasteiger partial charge >= 0.3 is 0 Å². The highest BCUT2D eigenvalue weighted by Gasteiger charge is 2.04. The van der Waals surface area contributed by atoms with E-state index in [1.165, 1.54) is 20.4 Å². The first kappa shape index (κ1) is 7.59. The molecule has 0 aromatic carbocycles. The van der Waals surface area contributed by atoms with Crippen molar-refractivity contribution in [3.8, 4) is 11.6 Å². The number of hydrogen-bond donors (Lipinski definition) is 1. The minimum atomic E-state index is 0.169. The van der Waals surface area contributed by atoms with Crippen molar-refractivity contribution in [1.82, 2.24) is 9.97 Å². The van der Waals surface area contributed by atoms with Crippen LogP contribution in [-0.2, 0) is 0 Å².